The van der Waals surface area contributed by atoms with Crippen LogP contribution in [0, 0.1) is 5.92 Å². The Hall–Kier alpha value is -1.76. The second kappa shape index (κ2) is 7.68. The molecule has 1 fully saturated rings. The normalized spacial score (nSPS) is 21.7. The molecule has 0 saturated carbocycles. The van der Waals surface area contributed by atoms with Gasteiger partial charge in [0.25, 0.3) is 0 Å². The average Bonchev–Trinajstić information content (AvgIpc) is 2.51. The van der Waals surface area contributed by atoms with E-state index in [1.54, 1.807) is 0 Å². The largest absolute Gasteiger partial charge is 0.492 e. The second-order valence-corrected chi connectivity index (χ2v) is 5.74. The van der Waals surface area contributed by atoms with Crippen LogP contribution in [0.25, 0.3) is 0 Å². The lowest BCUT2D eigenvalue weighted by Gasteiger charge is -2.27. The fourth-order valence-corrected chi connectivity index (χ4v) is 2.60. The summed E-state index contributed by atoms with van der Waals surface area (Å²) in [5, 5.41) is 6.09. The van der Waals surface area contributed by atoms with E-state index in [1.165, 1.54) is 12.1 Å². The van der Waals surface area contributed by atoms with E-state index in [9.17, 15) is 18.0 Å². The summed E-state index contributed by atoms with van der Waals surface area (Å²) >= 11 is 0. The van der Waals surface area contributed by atoms with E-state index in [0.717, 1.165) is 31.5 Å². The summed E-state index contributed by atoms with van der Waals surface area (Å²) in [6.45, 7) is 3.43. The van der Waals surface area contributed by atoms with Gasteiger partial charge in [-0.1, -0.05) is 0 Å². The van der Waals surface area contributed by atoms with Crippen LogP contribution >= 0.6 is 0 Å². The third-order valence-electron chi connectivity index (χ3n) is 3.85. The summed E-state index contributed by atoms with van der Waals surface area (Å²) in [5.41, 5.74) is -0.710. The fraction of sp³-hybridized carbons (Fsp3) is 0.562. The molecule has 1 aliphatic heterocycles. The van der Waals surface area contributed by atoms with Crippen LogP contribution in [0.4, 0.5) is 13.2 Å². The standard InChI is InChI=1S/C16H21F3N2O2/c1-11-10-12(6-7-20-11)15(22)21-8-9-23-14-4-2-13(3-5-14)16(17,18)19/h2-5,11-12,20H,6-10H2,1H3,(H,21,22)/t11-,12-/m0/s1. The lowest BCUT2D eigenvalue weighted by atomic mass is 9.92. The van der Waals surface area contributed by atoms with Crippen LogP contribution in [0.2, 0.25) is 0 Å². The number of amides is 1. The minimum atomic E-state index is -4.35. The monoisotopic (exact) mass is 330 g/mol. The molecule has 1 amide bonds. The molecule has 1 heterocycles. The maximum Gasteiger partial charge on any atom is 0.416 e. The molecule has 1 aromatic rings. The highest BCUT2D eigenvalue weighted by molar-refractivity contribution is 5.78. The molecule has 2 atom stereocenters. The minimum Gasteiger partial charge on any atom is -0.492 e. The molecule has 7 heteroatoms. The van der Waals surface area contributed by atoms with Gasteiger partial charge >= 0.3 is 6.18 Å². The van der Waals surface area contributed by atoms with E-state index in [0.29, 0.717) is 18.3 Å². The summed E-state index contributed by atoms with van der Waals surface area (Å²) in [5.74, 6) is 0.370. The predicted molar refractivity (Wildman–Crippen MR) is 80.1 cm³/mol. The van der Waals surface area contributed by atoms with Gasteiger partial charge in [-0.3, -0.25) is 4.79 Å². The molecular weight excluding hydrogens is 309 g/mol. The molecule has 128 valence electrons. The molecule has 2 rings (SSSR count). The van der Waals surface area contributed by atoms with Crippen LogP contribution < -0.4 is 15.4 Å². The Morgan fingerprint density at radius 3 is 2.65 bits per heavy atom. The number of ether oxygens (including phenoxy) is 1. The quantitative estimate of drug-likeness (QED) is 0.816. The Morgan fingerprint density at radius 1 is 1.35 bits per heavy atom. The summed E-state index contributed by atoms with van der Waals surface area (Å²) in [4.78, 5) is 12.0. The van der Waals surface area contributed by atoms with Gasteiger partial charge in [0, 0.05) is 12.0 Å². The molecule has 0 radical (unpaired) electrons. The van der Waals surface area contributed by atoms with Gasteiger partial charge in [-0.25, -0.2) is 0 Å². The van der Waals surface area contributed by atoms with Crippen LogP contribution in [0.5, 0.6) is 5.75 Å². The van der Waals surface area contributed by atoms with E-state index < -0.39 is 11.7 Å². The van der Waals surface area contributed by atoms with Gasteiger partial charge in [0.1, 0.15) is 12.4 Å². The van der Waals surface area contributed by atoms with Gasteiger partial charge in [-0.15, -0.1) is 0 Å². The van der Waals surface area contributed by atoms with Crippen molar-refractivity contribution < 1.29 is 22.7 Å². The zero-order chi connectivity index (χ0) is 16.9. The number of rotatable bonds is 5. The fourth-order valence-electron chi connectivity index (χ4n) is 2.60. The number of carbonyl (C=O) groups excluding carboxylic acids is 1. The van der Waals surface area contributed by atoms with Crippen LogP contribution in [0.3, 0.4) is 0 Å². The predicted octanol–water partition coefficient (Wildman–Crippen LogP) is 2.59. The van der Waals surface area contributed by atoms with Crippen molar-refractivity contribution >= 4 is 5.91 Å². The molecule has 1 aliphatic rings. The van der Waals surface area contributed by atoms with Crippen LogP contribution in [0.15, 0.2) is 24.3 Å². The molecule has 0 bridgehead atoms. The van der Waals surface area contributed by atoms with E-state index in [-0.39, 0.29) is 18.4 Å². The van der Waals surface area contributed by atoms with Crippen molar-refractivity contribution in [1.29, 1.82) is 0 Å². The number of hydrogen-bond donors (Lipinski definition) is 2. The van der Waals surface area contributed by atoms with Crippen molar-refractivity contribution in [3.05, 3.63) is 29.8 Å². The molecule has 1 saturated heterocycles. The molecule has 0 spiro atoms. The van der Waals surface area contributed by atoms with Crippen molar-refractivity contribution in [3.63, 3.8) is 0 Å². The first-order valence-corrected chi connectivity index (χ1v) is 7.67. The number of hydrogen-bond acceptors (Lipinski definition) is 3. The van der Waals surface area contributed by atoms with Crippen molar-refractivity contribution in [1.82, 2.24) is 10.6 Å². The van der Waals surface area contributed by atoms with Crippen LogP contribution in [0.1, 0.15) is 25.3 Å². The number of halogens is 3. The van der Waals surface area contributed by atoms with Gasteiger partial charge in [0.15, 0.2) is 0 Å². The summed E-state index contributed by atoms with van der Waals surface area (Å²) in [6, 6.07) is 4.84. The topological polar surface area (TPSA) is 50.4 Å². The first-order valence-electron chi connectivity index (χ1n) is 7.67. The average molecular weight is 330 g/mol. The zero-order valence-corrected chi connectivity index (χ0v) is 13.0. The maximum absolute atomic E-state index is 12.4. The SMILES string of the molecule is C[C@H]1C[C@@H](C(=O)NCCOc2ccc(C(F)(F)F)cc2)CCN1. The Bertz CT molecular complexity index is 517. The van der Waals surface area contributed by atoms with E-state index in [1.807, 2.05) is 6.92 Å². The van der Waals surface area contributed by atoms with E-state index in [2.05, 4.69) is 10.6 Å². The molecule has 2 N–H and O–H groups in total. The third kappa shape index (κ3) is 5.42. The van der Waals surface area contributed by atoms with Crippen LogP contribution in [-0.2, 0) is 11.0 Å². The van der Waals surface area contributed by atoms with Gasteiger partial charge in [-0.2, -0.15) is 13.2 Å². The maximum atomic E-state index is 12.4. The number of piperidine rings is 1. The summed E-state index contributed by atoms with van der Waals surface area (Å²) < 4.78 is 42.6. The number of alkyl halides is 3. The Balaban J connectivity index is 1.70. The summed E-state index contributed by atoms with van der Waals surface area (Å²) in [7, 11) is 0. The van der Waals surface area contributed by atoms with Gasteiger partial charge in [0.2, 0.25) is 5.91 Å². The molecule has 0 aliphatic carbocycles. The molecule has 4 nitrogen and oxygen atoms in total. The van der Waals surface area contributed by atoms with Gasteiger partial charge in [0.05, 0.1) is 12.1 Å². The molecule has 1 aromatic carbocycles. The van der Waals surface area contributed by atoms with Crippen molar-refractivity contribution in [2.45, 2.75) is 32.0 Å². The van der Waals surface area contributed by atoms with Gasteiger partial charge in [-0.05, 0) is 50.6 Å². The Morgan fingerprint density at radius 2 is 2.04 bits per heavy atom. The lowest BCUT2D eigenvalue weighted by Crippen LogP contribution is -2.43. The minimum absolute atomic E-state index is 0.00868. The number of carbonyl (C=O) groups is 1. The molecule has 23 heavy (non-hydrogen) atoms. The highest BCUT2D eigenvalue weighted by Gasteiger charge is 2.30. The number of nitrogens with one attached hydrogen (secondary N) is 2. The highest BCUT2D eigenvalue weighted by Crippen LogP contribution is 2.30. The molecule has 0 unspecified atom stereocenters. The van der Waals surface area contributed by atoms with E-state index in [4.69, 9.17) is 4.74 Å². The van der Waals surface area contributed by atoms with Gasteiger partial charge < -0.3 is 15.4 Å². The van der Waals surface area contributed by atoms with Crippen molar-refractivity contribution in [3.8, 4) is 5.75 Å². The van der Waals surface area contributed by atoms with E-state index >= 15 is 0 Å². The smallest absolute Gasteiger partial charge is 0.416 e. The number of benzene rings is 1. The zero-order valence-electron chi connectivity index (χ0n) is 13.0. The Labute approximate surface area is 133 Å². The first kappa shape index (κ1) is 17.6. The first-order chi connectivity index (χ1) is 10.9. The summed E-state index contributed by atoms with van der Waals surface area (Å²) in [6.07, 6.45) is -2.72. The van der Waals surface area contributed by atoms with Crippen LogP contribution in [-0.4, -0.2) is 31.6 Å². The molecular formula is C16H21F3N2O2. The highest BCUT2D eigenvalue weighted by atomic mass is 19.4. The second-order valence-electron chi connectivity index (χ2n) is 5.74. The third-order valence-corrected chi connectivity index (χ3v) is 3.85. The lowest BCUT2D eigenvalue weighted by molar-refractivity contribution is -0.137. The Kier molecular flexibility index (Phi) is 5.87. The van der Waals surface area contributed by atoms with Crippen molar-refractivity contribution in [2.75, 3.05) is 19.7 Å². The van der Waals surface area contributed by atoms with Crippen molar-refractivity contribution in [2.24, 2.45) is 5.92 Å². The molecule has 0 aromatic heterocycles.